The molecule has 112 valence electrons. The summed E-state index contributed by atoms with van der Waals surface area (Å²) < 4.78 is 5.72. The first-order chi connectivity index (χ1) is 9.86. The van der Waals surface area contributed by atoms with E-state index in [1.165, 1.54) is 51.0 Å². The topological polar surface area (TPSA) is 31.7 Å². The fourth-order valence-corrected chi connectivity index (χ4v) is 3.55. The van der Waals surface area contributed by atoms with Crippen molar-refractivity contribution in [1.29, 1.82) is 0 Å². The van der Waals surface area contributed by atoms with Crippen molar-refractivity contribution >= 4 is 0 Å². The summed E-state index contributed by atoms with van der Waals surface area (Å²) in [5.74, 6) is 1.15. The third-order valence-corrected chi connectivity index (χ3v) is 4.66. The molecule has 2 aliphatic heterocycles. The molecule has 1 aromatic heterocycles. The number of furan rings is 1. The molecule has 0 saturated carbocycles. The summed E-state index contributed by atoms with van der Waals surface area (Å²) in [6, 6.07) is 2.89. The van der Waals surface area contributed by atoms with Gasteiger partial charge in [0.05, 0.1) is 12.8 Å². The van der Waals surface area contributed by atoms with Crippen LogP contribution in [0.25, 0.3) is 0 Å². The molecule has 4 heteroatoms. The van der Waals surface area contributed by atoms with Crippen LogP contribution in [0.3, 0.4) is 0 Å². The summed E-state index contributed by atoms with van der Waals surface area (Å²) in [6.07, 6.45) is 5.88. The zero-order valence-corrected chi connectivity index (χ0v) is 12.6. The minimum atomic E-state index is 0.782. The van der Waals surface area contributed by atoms with E-state index in [0.717, 1.165) is 31.4 Å². The second kappa shape index (κ2) is 6.74. The van der Waals surface area contributed by atoms with Gasteiger partial charge >= 0.3 is 0 Å². The van der Waals surface area contributed by atoms with E-state index in [0.29, 0.717) is 0 Å². The second-order valence-electron chi connectivity index (χ2n) is 6.07. The van der Waals surface area contributed by atoms with Crippen LogP contribution >= 0.6 is 0 Å². The first kappa shape index (κ1) is 14.1. The molecule has 0 radical (unpaired) electrons. The highest BCUT2D eigenvalue weighted by molar-refractivity contribution is 5.17. The van der Waals surface area contributed by atoms with Crippen LogP contribution in [-0.4, -0.2) is 48.6 Å². The number of nitrogens with one attached hydrogen (secondary N) is 1. The van der Waals surface area contributed by atoms with Gasteiger partial charge in [0.15, 0.2) is 0 Å². The molecule has 0 spiro atoms. The van der Waals surface area contributed by atoms with E-state index in [2.05, 4.69) is 28.1 Å². The predicted molar refractivity (Wildman–Crippen MR) is 80.6 cm³/mol. The minimum absolute atomic E-state index is 0.782. The monoisotopic (exact) mass is 277 g/mol. The summed E-state index contributed by atoms with van der Waals surface area (Å²) in [7, 11) is 0. The van der Waals surface area contributed by atoms with Gasteiger partial charge in [-0.3, -0.25) is 9.80 Å². The van der Waals surface area contributed by atoms with Crippen molar-refractivity contribution in [2.24, 2.45) is 0 Å². The van der Waals surface area contributed by atoms with E-state index in [-0.39, 0.29) is 0 Å². The van der Waals surface area contributed by atoms with Crippen LogP contribution in [-0.2, 0) is 13.1 Å². The quantitative estimate of drug-likeness (QED) is 0.893. The number of nitrogens with zero attached hydrogens (tertiary/aromatic N) is 2. The maximum absolute atomic E-state index is 5.72. The van der Waals surface area contributed by atoms with Gasteiger partial charge in [-0.25, -0.2) is 0 Å². The molecule has 20 heavy (non-hydrogen) atoms. The smallest absolute Gasteiger partial charge is 0.122 e. The van der Waals surface area contributed by atoms with E-state index in [4.69, 9.17) is 4.42 Å². The van der Waals surface area contributed by atoms with Crippen LogP contribution in [0.4, 0.5) is 0 Å². The van der Waals surface area contributed by atoms with Gasteiger partial charge in [0.2, 0.25) is 0 Å². The average molecular weight is 277 g/mol. The highest BCUT2D eigenvalue weighted by atomic mass is 16.3. The van der Waals surface area contributed by atoms with Crippen molar-refractivity contribution in [3.63, 3.8) is 0 Å². The number of rotatable bonds is 5. The summed E-state index contributed by atoms with van der Waals surface area (Å²) in [4.78, 5) is 5.27. The van der Waals surface area contributed by atoms with Gasteiger partial charge in [-0.05, 0) is 51.5 Å². The van der Waals surface area contributed by atoms with Crippen LogP contribution in [0.2, 0.25) is 0 Å². The first-order valence-electron chi connectivity index (χ1n) is 8.09. The molecular weight excluding hydrogens is 250 g/mol. The lowest BCUT2D eigenvalue weighted by atomic mass is 10.2. The van der Waals surface area contributed by atoms with Gasteiger partial charge in [0, 0.05) is 24.7 Å². The maximum Gasteiger partial charge on any atom is 0.122 e. The largest absolute Gasteiger partial charge is 0.468 e. The summed E-state index contributed by atoms with van der Waals surface area (Å²) in [5.41, 5.74) is 1.32. The van der Waals surface area contributed by atoms with E-state index in [1.807, 2.05) is 6.26 Å². The summed E-state index contributed by atoms with van der Waals surface area (Å²) in [5, 5.41) is 3.39. The Morgan fingerprint density at radius 2 is 2.20 bits per heavy atom. The lowest BCUT2D eigenvalue weighted by molar-refractivity contribution is 0.204. The van der Waals surface area contributed by atoms with Gasteiger partial charge in [0.25, 0.3) is 0 Å². The van der Waals surface area contributed by atoms with Gasteiger partial charge in [0.1, 0.15) is 5.76 Å². The molecule has 2 fully saturated rings. The zero-order valence-electron chi connectivity index (χ0n) is 12.6. The Kier molecular flexibility index (Phi) is 4.76. The van der Waals surface area contributed by atoms with E-state index >= 15 is 0 Å². The van der Waals surface area contributed by atoms with Crippen LogP contribution in [0.15, 0.2) is 16.7 Å². The molecule has 0 aliphatic carbocycles. The number of hydrogen-bond acceptors (Lipinski definition) is 4. The second-order valence-corrected chi connectivity index (χ2v) is 6.07. The number of fused-ring (bicyclic) bond motifs is 1. The van der Waals surface area contributed by atoms with Crippen molar-refractivity contribution in [1.82, 2.24) is 15.1 Å². The van der Waals surface area contributed by atoms with Crippen molar-refractivity contribution in [2.75, 3.05) is 32.7 Å². The van der Waals surface area contributed by atoms with E-state index in [9.17, 15) is 0 Å². The maximum atomic E-state index is 5.72. The molecule has 2 aliphatic rings. The minimum Gasteiger partial charge on any atom is -0.468 e. The summed E-state index contributed by atoms with van der Waals surface area (Å²) >= 11 is 0. The normalized spacial score (nSPS) is 24.8. The molecule has 3 heterocycles. The highest BCUT2D eigenvalue weighted by Crippen LogP contribution is 2.23. The Labute approximate surface area is 122 Å². The van der Waals surface area contributed by atoms with Crippen molar-refractivity contribution in [2.45, 2.75) is 45.3 Å². The molecule has 3 rings (SSSR count). The lowest BCUT2D eigenvalue weighted by Gasteiger charge is -2.25. The Morgan fingerprint density at radius 1 is 1.30 bits per heavy atom. The van der Waals surface area contributed by atoms with Gasteiger partial charge in [-0.2, -0.15) is 0 Å². The van der Waals surface area contributed by atoms with E-state index in [1.54, 1.807) is 0 Å². The highest BCUT2D eigenvalue weighted by Gasteiger charge is 2.29. The third-order valence-electron chi connectivity index (χ3n) is 4.66. The van der Waals surface area contributed by atoms with Crippen LogP contribution in [0, 0.1) is 0 Å². The predicted octanol–water partition coefficient (Wildman–Crippen LogP) is 2.06. The van der Waals surface area contributed by atoms with Gasteiger partial charge < -0.3 is 9.73 Å². The Hall–Kier alpha value is -0.840. The van der Waals surface area contributed by atoms with Crippen molar-refractivity contribution < 1.29 is 4.42 Å². The molecule has 4 nitrogen and oxygen atoms in total. The van der Waals surface area contributed by atoms with Crippen LogP contribution < -0.4 is 5.32 Å². The third kappa shape index (κ3) is 3.25. The lowest BCUT2D eigenvalue weighted by Crippen LogP contribution is -2.36. The Balaban J connectivity index is 1.60. The molecule has 2 saturated heterocycles. The Bertz CT molecular complexity index is 418. The molecule has 1 unspecified atom stereocenters. The molecule has 0 aromatic carbocycles. The SMILES string of the molecule is CCNCc1ccoc1CN1CCCN2CCCC2C1. The molecule has 1 N–H and O–H groups in total. The standard InChI is InChI=1S/C16H27N3O/c1-2-17-11-14-6-10-20-16(14)13-18-7-4-9-19-8-3-5-15(19)12-18/h6,10,15,17H,2-5,7-9,11-13H2,1H3. The van der Waals surface area contributed by atoms with Crippen LogP contribution in [0.5, 0.6) is 0 Å². The first-order valence-corrected chi connectivity index (χ1v) is 8.09. The molecule has 0 bridgehead atoms. The average Bonchev–Trinajstić information content (AvgIpc) is 3.03. The van der Waals surface area contributed by atoms with Crippen molar-refractivity contribution in [3.8, 4) is 0 Å². The zero-order chi connectivity index (χ0) is 13.8. The molecule has 1 aromatic rings. The van der Waals surface area contributed by atoms with Crippen molar-refractivity contribution in [3.05, 3.63) is 23.7 Å². The van der Waals surface area contributed by atoms with Gasteiger partial charge in [-0.15, -0.1) is 0 Å². The molecule has 0 amide bonds. The van der Waals surface area contributed by atoms with E-state index < -0.39 is 0 Å². The number of hydrogen-bond donors (Lipinski definition) is 1. The molecular formula is C16H27N3O. The molecule has 1 atom stereocenters. The summed E-state index contributed by atoms with van der Waals surface area (Å²) in [6.45, 7) is 10.0. The fraction of sp³-hybridized carbons (Fsp3) is 0.750. The van der Waals surface area contributed by atoms with Crippen LogP contribution in [0.1, 0.15) is 37.5 Å². The Morgan fingerprint density at radius 3 is 3.10 bits per heavy atom. The fourth-order valence-electron chi connectivity index (χ4n) is 3.55. The van der Waals surface area contributed by atoms with Gasteiger partial charge in [-0.1, -0.05) is 6.92 Å².